The van der Waals surface area contributed by atoms with Crippen LogP contribution in [-0.4, -0.2) is 43.0 Å². The summed E-state index contributed by atoms with van der Waals surface area (Å²) in [5, 5.41) is 3.82. The molecule has 1 aliphatic rings. The highest BCUT2D eigenvalue weighted by atomic mass is 35.5. The molecule has 0 unspecified atom stereocenters. The first-order valence-corrected chi connectivity index (χ1v) is 9.20. The Bertz CT molecular complexity index is 777. The molecule has 0 saturated carbocycles. The zero-order chi connectivity index (χ0) is 18.7. The highest BCUT2D eigenvalue weighted by molar-refractivity contribution is 6.35. The van der Waals surface area contributed by atoms with Crippen LogP contribution in [-0.2, 0) is 4.79 Å². The van der Waals surface area contributed by atoms with Crippen molar-refractivity contribution in [1.29, 1.82) is 0 Å². The first kappa shape index (κ1) is 19.0. The van der Waals surface area contributed by atoms with Crippen molar-refractivity contribution in [2.24, 2.45) is 0 Å². The van der Waals surface area contributed by atoms with Gasteiger partial charge in [0, 0.05) is 36.9 Å². The molecule has 26 heavy (non-hydrogen) atoms. The molecular formula is C19H20Cl2FN3O. The van der Waals surface area contributed by atoms with Gasteiger partial charge in [0.1, 0.15) is 5.82 Å². The first-order chi connectivity index (χ1) is 12.4. The van der Waals surface area contributed by atoms with Crippen LogP contribution in [0.25, 0.3) is 0 Å². The number of nitrogens with one attached hydrogen (secondary N) is 1. The summed E-state index contributed by atoms with van der Waals surface area (Å²) in [6, 6.07) is 11.2. The number of halogens is 3. The summed E-state index contributed by atoms with van der Waals surface area (Å²) in [5.74, 6) is -0.359. The Kier molecular flexibility index (Phi) is 6.01. The van der Waals surface area contributed by atoms with Crippen molar-refractivity contribution in [3.05, 3.63) is 58.3 Å². The van der Waals surface area contributed by atoms with Crippen LogP contribution in [0.4, 0.5) is 15.8 Å². The lowest BCUT2D eigenvalue weighted by atomic mass is 10.2. The lowest BCUT2D eigenvalue weighted by molar-refractivity contribution is -0.120. The van der Waals surface area contributed by atoms with Gasteiger partial charge in [-0.3, -0.25) is 9.69 Å². The van der Waals surface area contributed by atoms with Crippen LogP contribution in [0.3, 0.4) is 0 Å². The number of hydrogen-bond donors (Lipinski definition) is 1. The number of piperazine rings is 1. The summed E-state index contributed by atoms with van der Waals surface area (Å²) in [6.45, 7) is 4.92. The topological polar surface area (TPSA) is 35.6 Å². The second-order valence-corrected chi connectivity index (χ2v) is 7.13. The molecule has 1 N–H and O–H groups in total. The van der Waals surface area contributed by atoms with Gasteiger partial charge in [-0.15, -0.1) is 0 Å². The highest BCUT2D eigenvalue weighted by Gasteiger charge is 2.26. The van der Waals surface area contributed by atoms with E-state index in [9.17, 15) is 9.18 Å². The summed E-state index contributed by atoms with van der Waals surface area (Å²) in [4.78, 5) is 16.9. The number of carbonyl (C=O) groups is 1. The van der Waals surface area contributed by atoms with E-state index in [-0.39, 0.29) is 17.8 Å². The molecule has 0 aliphatic carbocycles. The van der Waals surface area contributed by atoms with Crippen molar-refractivity contribution < 1.29 is 9.18 Å². The molecule has 3 rings (SSSR count). The van der Waals surface area contributed by atoms with Crippen molar-refractivity contribution in [1.82, 2.24) is 4.90 Å². The fraction of sp³-hybridized carbons (Fsp3) is 0.316. The van der Waals surface area contributed by atoms with Crippen molar-refractivity contribution in [3.8, 4) is 0 Å². The largest absolute Gasteiger partial charge is 0.369 e. The SMILES string of the molecule is C[C@H](C(=O)Nc1cc(Cl)ccc1Cl)N1CCN(c2ccc(F)cc2)CC1. The van der Waals surface area contributed by atoms with Gasteiger partial charge in [0.25, 0.3) is 0 Å². The molecule has 2 aromatic rings. The lowest BCUT2D eigenvalue weighted by Gasteiger charge is -2.38. The number of amides is 1. The second kappa shape index (κ2) is 8.25. The number of nitrogens with zero attached hydrogens (tertiary/aromatic N) is 2. The Labute approximate surface area is 162 Å². The van der Waals surface area contributed by atoms with Crippen molar-refractivity contribution >= 4 is 40.5 Å². The number of benzene rings is 2. The van der Waals surface area contributed by atoms with Gasteiger partial charge < -0.3 is 10.2 Å². The van der Waals surface area contributed by atoms with E-state index in [1.54, 1.807) is 30.3 Å². The van der Waals surface area contributed by atoms with Crippen LogP contribution >= 0.6 is 23.2 Å². The average molecular weight is 396 g/mol. The third kappa shape index (κ3) is 4.47. The number of carbonyl (C=O) groups excluding carboxylic acids is 1. The Morgan fingerprint density at radius 3 is 2.38 bits per heavy atom. The fourth-order valence-corrected chi connectivity index (χ4v) is 3.35. The van der Waals surface area contributed by atoms with Crippen LogP contribution in [0.15, 0.2) is 42.5 Å². The van der Waals surface area contributed by atoms with Gasteiger partial charge in [-0.2, -0.15) is 0 Å². The molecule has 0 bridgehead atoms. The standard InChI is InChI=1S/C19H20Cl2FN3O/c1-13(19(26)23-18-12-14(20)2-7-17(18)21)24-8-10-25(11-9-24)16-5-3-15(22)4-6-16/h2-7,12-13H,8-11H2,1H3,(H,23,26)/t13-/m1/s1. The van der Waals surface area contributed by atoms with E-state index >= 15 is 0 Å². The Balaban J connectivity index is 1.57. The zero-order valence-corrected chi connectivity index (χ0v) is 15.9. The summed E-state index contributed by atoms with van der Waals surface area (Å²) < 4.78 is 13.1. The minimum absolute atomic E-state index is 0.121. The van der Waals surface area contributed by atoms with E-state index < -0.39 is 0 Å². The molecule has 1 aliphatic heterocycles. The van der Waals surface area contributed by atoms with E-state index in [0.29, 0.717) is 15.7 Å². The number of hydrogen-bond acceptors (Lipinski definition) is 3. The fourth-order valence-electron chi connectivity index (χ4n) is 3.02. The molecule has 0 spiro atoms. The molecule has 2 aromatic carbocycles. The van der Waals surface area contributed by atoms with Crippen LogP contribution in [0.2, 0.25) is 10.0 Å². The molecule has 1 saturated heterocycles. The van der Waals surface area contributed by atoms with Gasteiger partial charge in [-0.1, -0.05) is 23.2 Å². The maximum absolute atomic E-state index is 13.1. The minimum Gasteiger partial charge on any atom is -0.369 e. The Hall–Kier alpha value is -1.82. The highest BCUT2D eigenvalue weighted by Crippen LogP contribution is 2.26. The van der Waals surface area contributed by atoms with Gasteiger partial charge in [0.05, 0.1) is 16.8 Å². The van der Waals surface area contributed by atoms with Gasteiger partial charge in [0.2, 0.25) is 5.91 Å². The van der Waals surface area contributed by atoms with E-state index in [1.165, 1.54) is 12.1 Å². The van der Waals surface area contributed by atoms with E-state index in [2.05, 4.69) is 15.1 Å². The minimum atomic E-state index is -0.291. The molecule has 1 heterocycles. The molecule has 138 valence electrons. The van der Waals surface area contributed by atoms with Crippen LogP contribution in [0, 0.1) is 5.82 Å². The second-order valence-electron chi connectivity index (χ2n) is 6.29. The number of rotatable bonds is 4. The van der Waals surface area contributed by atoms with Crippen LogP contribution in [0.1, 0.15) is 6.92 Å². The van der Waals surface area contributed by atoms with E-state index in [1.807, 2.05) is 6.92 Å². The third-order valence-corrected chi connectivity index (χ3v) is 5.18. The Morgan fingerprint density at radius 1 is 1.08 bits per heavy atom. The maximum Gasteiger partial charge on any atom is 0.241 e. The van der Waals surface area contributed by atoms with Crippen molar-refractivity contribution in [3.63, 3.8) is 0 Å². The van der Waals surface area contributed by atoms with Crippen molar-refractivity contribution in [2.75, 3.05) is 36.4 Å². The summed E-state index contributed by atoms with van der Waals surface area (Å²) >= 11 is 12.1. The molecular weight excluding hydrogens is 376 g/mol. The van der Waals surface area contributed by atoms with Gasteiger partial charge >= 0.3 is 0 Å². The molecule has 1 fully saturated rings. The first-order valence-electron chi connectivity index (χ1n) is 8.44. The molecule has 0 radical (unpaired) electrons. The predicted octanol–water partition coefficient (Wildman–Crippen LogP) is 4.28. The van der Waals surface area contributed by atoms with E-state index in [4.69, 9.17) is 23.2 Å². The molecule has 4 nitrogen and oxygen atoms in total. The van der Waals surface area contributed by atoms with Crippen molar-refractivity contribution in [2.45, 2.75) is 13.0 Å². The predicted molar refractivity (Wildman–Crippen MR) is 105 cm³/mol. The van der Waals surface area contributed by atoms with Crippen LogP contribution < -0.4 is 10.2 Å². The zero-order valence-electron chi connectivity index (χ0n) is 14.4. The summed E-state index contributed by atoms with van der Waals surface area (Å²) in [5.41, 5.74) is 1.51. The maximum atomic E-state index is 13.1. The number of anilines is 2. The lowest BCUT2D eigenvalue weighted by Crippen LogP contribution is -2.52. The quantitative estimate of drug-likeness (QED) is 0.838. The smallest absolute Gasteiger partial charge is 0.241 e. The molecule has 1 atom stereocenters. The summed E-state index contributed by atoms with van der Waals surface area (Å²) in [7, 11) is 0. The normalized spacial score (nSPS) is 16.4. The average Bonchev–Trinajstić information content (AvgIpc) is 2.65. The van der Waals surface area contributed by atoms with E-state index in [0.717, 1.165) is 31.9 Å². The molecule has 0 aromatic heterocycles. The molecule has 1 amide bonds. The van der Waals surface area contributed by atoms with Gasteiger partial charge in [-0.25, -0.2) is 4.39 Å². The van der Waals surface area contributed by atoms with Gasteiger partial charge in [0.15, 0.2) is 0 Å². The van der Waals surface area contributed by atoms with Gasteiger partial charge in [-0.05, 0) is 49.4 Å². The monoisotopic (exact) mass is 395 g/mol. The van der Waals surface area contributed by atoms with Crippen LogP contribution in [0.5, 0.6) is 0 Å². The third-order valence-electron chi connectivity index (χ3n) is 4.62. The summed E-state index contributed by atoms with van der Waals surface area (Å²) in [6.07, 6.45) is 0. The molecule has 7 heteroatoms. The Morgan fingerprint density at radius 2 is 1.73 bits per heavy atom.